The minimum atomic E-state index is -3.40. The van der Waals surface area contributed by atoms with E-state index in [1.165, 1.54) is 0 Å². The molecule has 2 aliphatic heterocycles. The molecule has 118 valence electrons. The van der Waals surface area contributed by atoms with Crippen molar-refractivity contribution in [1.29, 1.82) is 0 Å². The molecule has 0 saturated carbocycles. The van der Waals surface area contributed by atoms with E-state index >= 15 is 0 Å². The van der Waals surface area contributed by atoms with Crippen molar-refractivity contribution in [3.8, 4) is 0 Å². The summed E-state index contributed by atoms with van der Waals surface area (Å²) in [6, 6.07) is 0.0632. The van der Waals surface area contributed by atoms with Crippen molar-refractivity contribution in [2.45, 2.75) is 31.7 Å². The summed E-state index contributed by atoms with van der Waals surface area (Å²) in [5.41, 5.74) is 0. The molecule has 0 aromatic carbocycles. The van der Waals surface area contributed by atoms with Crippen molar-refractivity contribution >= 4 is 10.2 Å². The molecule has 2 atom stereocenters. The van der Waals surface area contributed by atoms with Crippen molar-refractivity contribution in [2.75, 3.05) is 46.9 Å². The average Bonchev–Trinajstić information content (AvgIpc) is 2.46. The van der Waals surface area contributed by atoms with Crippen LogP contribution in [0.3, 0.4) is 0 Å². The van der Waals surface area contributed by atoms with Crippen LogP contribution < -0.4 is 0 Å². The van der Waals surface area contributed by atoms with E-state index in [-0.39, 0.29) is 18.6 Å². The number of nitrogens with zero attached hydrogens (tertiary/aromatic N) is 3. The van der Waals surface area contributed by atoms with Gasteiger partial charge in [-0.1, -0.05) is 0 Å². The average molecular weight is 305 g/mol. The Hall–Kier alpha value is -0.210. The third-order valence-corrected chi connectivity index (χ3v) is 6.55. The molecule has 0 aromatic rings. The molecule has 2 fully saturated rings. The number of likely N-dealkylation sites (N-methyl/N-ethyl adjacent to an activating group) is 2. The fourth-order valence-corrected chi connectivity index (χ4v) is 4.86. The molecule has 0 aliphatic carbocycles. The summed E-state index contributed by atoms with van der Waals surface area (Å²) in [7, 11) is 0.334. The molecule has 6 nitrogen and oxygen atoms in total. The third-order valence-electron chi connectivity index (χ3n) is 4.54. The van der Waals surface area contributed by atoms with Gasteiger partial charge >= 0.3 is 0 Å². The van der Waals surface area contributed by atoms with Gasteiger partial charge in [-0.05, 0) is 45.2 Å². The Morgan fingerprint density at radius 3 is 2.55 bits per heavy atom. The normalized spacial score (nSPS) is 30.8. The first-order valence-corrected chi connectivity index (χ1v) is 8.87. The predicted octanol–water partition coefficient (Wildman–Crippen LogP) is -0.0385. The Labute approximate surface area is 122 Å². The van der Waals surface area contributed by atoms with Gasteiger partial charge in [0.05, 0.1) is 0 Å². The van der Waals surface area contributed by atoms with E-state index in [1.54, 1.807) is 15.7 Å². The lowest BCUT2D eigenvalue weighted by Gasteiger charge is -2.39. The maximum Gasteiger partial charge on any atom is 0.282 e. The molecule has 0 bridgehead atoms. The zero-order chi connectivity index (χ0) is 14.8. The van der Waals surface area contributed by atoms with Gasteiger partial charge in [-0.15, -0.1) is 0 Å². The second kappa shape index (κ2) is 6.70. The van der Waals surface area contributed by atoms with Crippen LogP contribution >= 0.6 is 0 Å². The van der Waals surface area contributed by atoms with Gasteiger partial charge < -0.3 is 10.0 Å². The van der Waals surface area contributed by atoms with E-state index in [0.717, 1.165) is 38.8 Å². The summed E-state index contributed by atoms with van der Waals surface area (Å²) in [4.78, 5) is 2.19. The lowest BCUT2D eigenvalue weighted by molar-refractivity contribution is 0.150. The lowest BCUT2D eigenvalue weighted by atomic mass is 10.0. The summed E-state index contributed by atoms with van der Waals surface area (Å²) in [6.45, 7) is 2.94. The quantitative estimate of drug-likeness (QED) is 0.792. The molecule has 0 aromatic heterocycles. The number of piperidine rings is 2. The van der Waals surface area contributed by atoms with Crippen LogP contribution in [0.5, 0.6) is 0 Å². The number of likely N-dealkylation sites (tertiary alicyclic amines) is 1. The monoisotopic (exact) mass is 305 g/mol. The zero-order valence-electron chi connectivity index (χ0n) is 12.5. The van der Waals surface area contributed by atoms with Crippen molar-refractivity contribution in [3.63, 3.8) is 0 Å². The smallest absolute Gasteiger partial charge is 0.282 e. The van der Waals surface area contributed by atoms with Crippen LogP contribution in [0, 0.1) is 5.92 Å². The van der Waals surface area contributed by atoms with Gasteiger partial charge in [0.2, 0.25) is 0 Å². The third kappa shape index (κ3) is 3.51. The highest BCUT2D eigenvalue weighted by Gasteiger charge is 2.36. The van der Waals surface area contributed by atoms with Gasteiger partial charge in [-0.3, -0.25) is 0 Å². The Morgan fingerprint density at radius 2 is 1.90 bits per heavy atom. The second-order valence-corrected chi connectivity index (χ2v) is 8.12. The summed E-state index contributed by atoms with van der Waals surface area (Å²) in [5.74, 6) is 0.0842. The Balaban J connectivity index is 2.04. The standard InChI is InChI=1S/C13H27N3O3S/c1-14-7-4-6-13(10-14)15(2)20(18,19)16-8-3-5-12(9-16)11-17/h12-13,17H,3-11H2,1-2H3. The van der Waals surface area contributed by atoms with Crippen molar-refractivity contribution in [1.82, 2.24) is 13.5 Å². The van der Waals surface area contributed by atoms with E-state index in [1.807, 2.05) is 7.05 Å². The second-order valence-electron chi connectivity index (χ2n) is 6.13. The van der Waals surface area contributed by atoms with E-state index in [0.29, 0.717) is 13.1 Å². The Morgan fingerprint density at radius 1 is 1.20 bits per heavy atom. The number of hydrogen-bond acceptors (Lipinski definition) is 4. The molecule has 0 amide bonds. The SMILES string of the molecule is CN1CCCC(N(C)S(=O)(=O)N2CCCC(CO)C2)C1. The van der Waals surface area contributed by atoms with Gasteiger partial charge in [-0.2, -0.15) is 17.0 Å². The predicted molar refractivity (Wildman–Crippen MR) is 78.6 cm³/mol. The van der Waals surface area contributed by atoms with Gasteiger partial charge in [0.25, 0.3) is 10.2 Å². The minimum absolute atomic E-state index is 0.0632. The molecule has 0 spiro atoms. The van der Waals surface area contributed by atoms with Crippen molar-refractivity contribution in [2.24, 2.45) is 5.92 Å². The summed E-state index contributed by atoms with van der Waals surface area (Å²) < 4.78 is 28.5. The first-order chi connectivity index (χ1) is 9.45. The van der Waals surface area contributed by atoms with Crippen molar-refractivity contribution in [3.05, 3.63) is 0 Å². The summed E-state index contributed by atoms with van der Waals surface area (Å²) in [5, 5.41) is 9.25. The first kappa shape index (κ1) is 16.2. The van der Waals surface area contributed by atoms with Gasteiger partial charge in [-0.25, -0.2) is 0 Å². The first-order valence-electron chi connectivity index (χ1n) is 7.47. The van der Waals surface area contributed by atoms with Crippen LogP contribution in [-0.2, 0) is 10.2 Å². The van der Waals surface area contributed by atoms with Crippen LogP contribution in [0.25, 0.3) is 0 Å². The van der Waals surface area contributed by atoms with Crippen LogP contribution in [-0.4, -0.2) is 80.0 Å². The van der Waals surface area contributed by atoms with Crippen LogP contribution in [0.1, 0.15) is 25.7 Å². The van der Waals surface area contributed by atoms with Gasteiger partial charge in [0.15, 0.2) is 0 Å². The highest BCUT2D eigenvalue weighted by atomic mass is 32.2. The number of hydrogen-bond donors (Lipinski definition) is 1. The fraction of sp³-hybridized carbons (Fsp3) is 1.00. The molecule has 2 heterocycles. The number of aliphatic hydroxyl groups excluding tert-OH is 1. The maximum atomic E-state index is 12.7. The van der Waals surface area contributed by atoms with Gasteiger partial charge in [0.1, 0.15) is 0 Å². The van der Waals surface area contributed by atoms with E-state index in [2.05, 4.69) is 4.90 Å². The highest BCUT2D eigenvalue weighted by molar-refractivity contribution is 7.86. The Bertz CT molecular complexity index is 415. The van der Waals surface area contributed by atoms with Crippen LogP contribution in [0.4, 0.5) is 0 Å². The molecular formula is C13H27N3O3S. The van der Waals surface area contributed by atoms with Gasteiger partial charge in [0, 0.05) is 39.3 Å². The molecule has 2 aliphatic rings. The molecule has 2 rings (SSSR count). The van der Waals surface area contributed by atoms with Crippen LogP contribution in [0.15, 0.2) is 0 Å². The summed E-state index contributed by atoms with van der Waals surface area (Å²) in [6.07, 6.45) is 3.72. The highest BCUT2D eigenvalue weighted by Crippen LogP contribution is 2.23. The lowest BCUT2D eigenvalue weighted by Crippen LogP contribution is -2.53. The maximum absolute atomic E-state index is 12.7. The fourth-order valence-electron chi connectivity index (χ4n) is 3.19. The molecule has 2 saturated heterocycles. The number of aliphatic hydroxyl groups is 1. The molecule has 20 heavy (non-hydrogen) atoms. The van der Waals surface area contributed by atoms with Crippen LogP contribution in [0.2, 0.25) is 0 Å². The van der Waals surface area contributed by atoms with Crippen molar-refractivity contribution < 1.29 is 13.5 Å². The Kier molecular flexibility index (Phi) is 5.42. The zero-order valence-corrected chi connectivity index (χ0v) is 13.3. The van der Waals surface area contributed by atoms with E-state index in [9.17, 15) is 13.5 Å². The molecule has 0 radical (unpaired) electrons. The minimum Gasteiger partial charge on any atom is -0.396 e. The molecule has 1 N–H and O–H groups in total. The number of rotatable bonds is 4. The topological polar surface area (TPSA) is 64.1 Å². The molecular weight excluding hydrogens is 278 g/mol. The largest absolute Gasteiger partial charge is 0.396 e. The van der Waals surface area contributed by atoms with E-state index in [4.69, 9.17) is 0 Å². The molecule has 2 unspecified atom stereocenters. The summed E-state index contributed by atoms with van der Waals surface area (Å²) >= 11 is 0. The van der Waals surface area contributed by atoms with E-state index < -0.39 is 10.2 Å². The molecule has 7 heteroatoms.